The third kappa shape index (κ3) is 2.44. The monoisotopic (exact) mass is 265 g/mol. The normalized spacial score (nSPS) is 14.2. The molecule has 0 bridgehead atoms. The molecule has 0 aliphatic heterocycles. The van der Waals surface area contributed by atoms with Gasteiger partial charge in [-0.3, -0.25) is 9.78 Å². The van der Waals surface area contributed by atoms with Crippen molar-refractivity contribution in [2.75, 3.05) is 7.11 Å². The molecule has 0 aliphatic rings. The van der Waals surface area contributed by atoms with Gasteiger partial charge in [0.05, 0.1) is 7.11 Å². The first-order chi connectivity index (χ1) is 8.63. The standard InChI is InChI=1S/C13H12ClNO3/c1-18-13(17)11(14)12(16)9-2-3-10-7-15-5-4-8(10)6-9/h2-7,11-12,16H,1H3. The van der Waals surface area contributed by atoms with Crippen molar-refractivity contribution >= 4 is 28.3 Å². The number of aliphatic hydroxyl groups excluding tert-OH is 1. The van der Waals surface area contributed by atoms with Crippen LogP contribution in [0.5, 0.6) is 0 Å². The van der Waals surface area contributed by atoms with E-state index in [2.05, 4.69) is 9.72 Å². The first-order valence-electron chi connectivity index (χ1n) is 5.37. The molecule has 18 heavy (non-hydrogen) atoms. The van der Waals surface area contributed by atoms with Gasteiger partial charge in [-0.25, -0.2) is 0 Å². The first-order valence-corrected chi connectivity index (χ1v) is 5.81. The highest BCUT2D eigenvalue weighted by molar-refractivity contribution is 6.30. The molecule has 0 aliphatic carbocycles. The third-order valence-corrected chi connectivity index (χ3v) is 3.13. The molecule has 0 fully saturated rings. The van der Waals surface area contributed by atoms with E-state index in [1.807, 2.05) is 12.1 Å². The van der Waals surface area contributed by atoms with Crippen LogP contribution in [0.15, 0.2) is 36.7 Å². The fourth-order valence-electron chi connectivity index (χ4n) is 1.70. The smallest absolute Gasteiger partial charge is 0.326 e. The summed E-state index contributed by atoms with van der Waals surface area (Å²) < 4.78 is 4.50. The number of aliphatic hydroxyl groups is 1. The summed E-state index contributed by atoms with van der Waals surface area (Å²) in [4.78, 5) is 15.3. The molecule has 1 N–H and O–H groups in total. The van der Waals surface area contributed by atoms with E-state index in [-0.39, 0.29) is 0 Å². The van der Waals surface area contributed by atoms with E-state index in [0.29, 0.717) is 5.56 Å². The van der Waals surface area contributed by atoms with Crippen LogP contribution in [0, 0.1) is 0 Å². The average Bonchev–Trinajstić information content (AvgIpc) is 2.44. The van der Waals surface area contributed by atoms with Crippen LogP contribution < -0.4 is 0 Å². The topological polar surface area (TPSA) is 59.4 Å². The number of benzene rings is 1. The first kappa shape index (κ1) is 12.8. The minimum Gasteiger partial charge on any atom is -0.468 e. The van der Waals surface area contributed by atoms with Crippen molar-refractivity contribution in [1.29, 1.82) is 0 Å². The van der Waals surface area contributed by atoms with E-state index < -0.39 is 17.5 Å². The van der Waals surface area contributed by atoms with E-state index in [1.165, 1.54) is 7.11 Å². The summed E-state index contributed by atoms with van der Waals surface area (Å²) in [7, 11) is 1.23. The summed E-state index contributed by atoms with van der Waals surface area (Å²) in [6.07, 6.45) is 2.29. The number of carbonyl (C=O) groups excluding carboxylic acids is 1. The van der Waals surface area contributed by atoms with Crippen LogP contribution in [0.1, 0.15) is 11.7 Å². The van der Waals surface area contributed by atoms with Crippen LogP contribution in [0.25, 0.3) is 10.8 Å². The molecule has 4 nitrogen and oxygen atoms in total. The molecule has 2 unspecified atom stereocenters. The maximum atomic E-state index is 11.3. The molecule has 1 heterocycles. The van der Waals surface area contributed by atoms with Gasteiger partial charge in [-0.15, -0.1) is 11.6 Å². The van der Waals surface area contributed by atoms with Crippen LogP contribution >= 0.6 is 11.6 Å². The lowest BCUT2D eigenvalue weighted by molar-refractivity contribution is -0.142. The lowest BCUT2D eigenvalue weighted by atomic mass is 10.0. The number of methoxy groups -OCH3 is 1. The number of carbonyl (C=O) groups is 1. The van der Waals surface area contributed by atoms with Crippen molar-refractivity contribution in [2.24, 2.45) is 0 Å². The Labute approximate surface area is 109 Å². The quantitative estimate of drug-likeness (QED) is 0.682. The van der Waals surface area contributed by atoms with E-state index in [1.54, 1.807) is 24.5 Å². The lowest BCUT2D eigenvalue weighted by Crippen LogP contribution is -2.23. The minimum absolute atomic E-state index is 0.569. The molecule has 5 heteroatoms. The SMILES string of the molecule is COC(=O)C(Cl)C(O)c1ccc2cnccc2c1. The van der Waals surface area contributed by atoms with E-state index >= 15 is 0 Å². The summed E-state index contributed by atoms with van der Waals surface area (Å²) >= 11 is 5.83. The fraction of sp³-hybridized carbons (Fsp3) is 0.231. The summed E-state index contributed by atoms with van der Waals surface area (Å²) in [5.41, 5.74) is 0.569. The largest absolute Gasteiger partial charge is 0.468 e. The summed E-state index contributed by atoms with van der Waals surface area (Å²) in [6, 6.07) is 7.14. The van der Waals surface area contributed by atoms with Gasteiger partial charge in [0.25, 0.3) is 0 Å². The van der Waals surface area contributed by atoms with Gasteiger partial charge in [0, 0.05) is 17.8 Å². The van der Waals surface area contributed by atoms with Crippen molar-refractivity contribution in [3.05, 3.63) is 42.2 Å². The van der Waals surface area contributed by atoms with Crippen molar-refractivity contribution in [3.63, 3.8) is 0 Å². The number of ether oxygens (including phenoxy) is 1. The van der Waals surface area contributed by atoms with Gasteiger partial charge in [-0.2, -0.15) is 0 Å². The van der Waals surface area contributed by atoms with Crippen LogP contribution in [0.4, 0.5) is 0 Å². The number of hydrogen-bond donors (Lipinski definition) is 1. The molecule has 0 amide bonds. The third-order valence-electron chi connectivity index (χ3n) is 2.71. The fourth-order valence-corrected chi connectivity index (χ4v) is 1.93. The minimum atomic E-state index is -1.12. The van der Waals surface area contributed by atoms with Crippen LogP contribution in [-0.2, 0) is 9.53 Å². The van der Waals surface area contributed by atoms with Gasteiger partial charge in [-0.05, 0) is 23.1 Å². The van der Waals surface area contributed by atoms with Gasteiger partial charge < -0.3 is 9.84 Å². The zero-order valence-electron chi connectivity index (χ0n) is 9.71. The highest BCUT2D eigenvalue weighted by Crippen LogP contribution is 2.25. The number of halogens is 1. The van der Waals surface area contributed by atoms with Crippen molar-refractivity contribution < 1.29 is 14.6 Å². The number of fused-ring (bicyclic) bond motifs is 1. The zero-order valence-corrected chi connectivity index (χ0v) is 10.5. The maximum Gasteiger partial charge on any atom is 0.326 e. The molecule has 2 rings (SSSR count). The Morgan fingerprint density at radius 2 is 2.17 bits per heavy atom. The van der Waals surface area contributed by atoms with E-state index in [0.717, 1.165) is 10.8 Å². The summed E-state index contributed by atoms with van der Waals surface area (Å²) in [6.45, 7) is 0. The number of nitrogens with zero attached hydrogens (tertiary/aromatic N) is 1. The van der Waals surface area contributed by atoms with Gasteiger partial charge in [-0.1, -0.05) is 12.1 Å². The number of hydrogen-bond acceptors (Lipinski definition) is 4. The Balaban J connectivity index is 2.33. The molecule has 2 atom stereocenters. The average molecular weight is 266 g/mol. The Morgan fingerprint density at radius 3 is 2.89 bits per heavy atom. The summed E-state index contributed by atoms with van der Waals surface area (Å²) in [5, 5.41) is 10.8. The molecule has 0 radical (unpaired) electrons. The van der Waals surface area contributed by atoms with Gasteiger partial charge >= 0.3 is 5.97 Å². The molecular formula is C13H12ClNO3. The van der Waals surface area contributed by atoms with Gasteiger partial charge in [0.2, 0.25) is 0 Å². The van der Waals surface area contributed by atoms with Gasteiger partial charge in [0.15, 0.2) is 5.38 Å². The summed E-state index contributed by atoms with van der Waals surface area (Å²) in [5.74, 6) is -0.654. The Bertz CT molecular complexity index is 573. The predicted molar refractivity (Wildman–Crippen MR) is 68.4 cm³/mol. The van der Waals surface area contributed by atoms with Crippen LogP contribution in [-0.4, -0.2) is 28.5 Å². The second kappa shape index (κ2) is 5.33. The lowest BCUT2D eigenvalue weighted by Gasteiger charge is -2.15. The van der Waals surface area contributed by atoms with E-state index in [4.69, 9.17) is 11.6 Å². The second-order valence-corrected chi connectivity index (χ2v) is 4.32. The molecule has 1 aromatic carbocycles. The molecular weight excluding hydrogens is 254 g/mol. The van der Waals surface area contributed by atoms with Crippen molar-refractivity contribution in [1.82, 2.24) is 4.98 Å². The molecule has 0 spiro atoms. The number of pyridine rings is 1. The van der Waals surface area contributed by atoms with Crippen LogP contribution in [0.3, 0.4) is 0 Å². The molecule has 2 aromatic rings. The van der Waals surface area contributed by atoms with Crippen LogP contribution in [0.2, 0.25) is 0 Å². The number of aromatic nitrogens is 1. The molecule has 1 aromatic heterocycles. The second-order valence-electron chi connectivity index (χ2n) is 3.85. The van der Waals surface area contributed by atoms with Gasteiger partial charge in [0.1, 0.15) is 6.10 Å². The number of alkyl halides is 1. The number of esters is 1. The predicted octanol–water partition coefficient (Wildman–Crippen LogP) is 2.05. The maximum absolute atomic E-state index is 11.3. The van der Waals surface area contributed by atoms with Crippen molar-refractivity contribution in [2.45, 2.75) is 11.5 Å². The zero-order chi connectivity index (χ0) is 13.1. The Hall–Kier alpha value is -1.65. The van der Waals surface area contributed by atoms with E-state index in [9.17, 15) is 9.90 Å². The molecule has 0 saturated heterocycles. The van der Waals surface area contributed by atoms with Crippen molar-refractivity contribution in [3.8, 4) is 0 Å². The highest BCUT2D eigenvalue weighted by Gasteiger charge is 2.26. The molecule has 0 saturated carbocycles. The Morgan fingerprint density at radius 1 is 1.39 bits per heavy atom. The highest BCUT2D eigenvalue weighted by atomic mass is 35.5. The Kier molecular flexibility index (Phi) is 3.79. The number of rotatable bonds is 3. The molecule has 94 valence electrons.